The molecule has 0 saturated carbocycles. The Bertz CT molecular complexity index is 436. The van der Waals surface area contributed by atoms with Crippen LogP contribution in [-0.2, 0) is 4.79 Å². The van der Waals surface area contributed by atoms with Gasteiger partial charge in [0.2, 0.25) is 5.91 Å². The van der Waals surface area contributed by atoms with E-state index in [0.29, 0.717) is 32.0 Å². The first-order valence-electron chi connectivity index (χ1n) is 8.04. The van der Waals surface area contributed by atoms with E-state index in [1.807, 2.05) is 30.6 Å². The summed E-state index contributed by atoms with van der Waals surface area (Å²) in [6.07, 6.45) is 0.655. The van der Waals surface area contributed by atoms with Crippen molar-refractivity contribution < 1.29 is 9.90 Å². The Balaban J connectivity index is 0.00000484. The van der Waals surface area contributed by atoms with E-state index in [-0.39, 0.29) is 41.5 Å². The minimum atomic E-state index is -0.783. The molecule has 0 bridgehead atoms. The lowest BCUT2D eigenvalue weighted by Gasteiger charge is -2.49. The number of hydrogen-bond donors (Lipinski definition) is 2. The third kappa shape index (κ3) is 5.77. The van der Waals surface area contributed by atoms with Crippen LogP contribution in [0.15, 0.2) is 4.99 Å². The number of aliphatic imine (C=N–C) groups is 1. The van der Waals surface area contributed by atoms with Crippen molar-refractivity contribution in [3.05, 3.63) is 0 Å². The van der Waals surface area contributed by atoms with Crippen LogP contribution in [0.5, 0.6) is 0 Å². The van der Waals surface area contributed by atoms with Crippen molar-refractivity contribution in [3.63, 3.8) is 0 Å². The summed E-state index contributed by atoms with van der Waals surface area (Å²) in [4.78, 5) is 20.7. The molecule has 1 unspecified atom stereocenters. The minimum absolute atomic E-state index is 0. The number of hydrogen-bond acceptors (Lipinski definition) is 3. The fourth-order valence-corrected chi connectivity index (χ4v) is 3.04. The molecule has 6 nitrogen and oxygen atoms in total. The maximum absolute atomic E-state index is 12.5. The van der Waals surface area contributed by atoms with Crippen LogP contribution in [0.4, 0.5) is 0 Å². The Morgan fingerprint density at radius 2 is 2.04 bits per heavy atom. The van der Waals surface area contributed by atoms with Crippen molar-refractivity contribution in [2.24, 2.45) is 4.99 Å². The second kappa shape index (κ2) is 8.50. The lowest BCUT2D eigenvalue weighted by molar-refractivity contribution is -0.145. The Hall–Kier alpha value is -0.570. The van der Waals surface area contributed by atoms with Crippen LogP contribution in [0.1, 0.15) is 48.0 Å². The van der Waals surface area contributed by atoms with Crippen molar-refractivity contribution in [1.82, 2.24) is 15.1 Å². The van der Waals surface area contributed by atoms with Crippen LogP contribution in [0, 0.1) is 0 Å². The SMILES string of the molecule is CCC(C)(O)CNC(=NC)N1CC(=O)N(C(C)C)C(C)(C)C1.I. The van der Waals surface area contributed by atoms with Crippen molar-refractivity contribution in [3.8, 4) is 0 Å². The normalized spacial score (nSPS) is 21.1. The van der Waals surface area contributed by atoms with Gasteiger partial charge in [0.1, 0.15) is 0 Å². The largest absolute Gasteiger partial charge is 0.388 e. The van der Waals surface area contributed by atoms with Gasteiger partial charge in [-0.3, -0.25) is 9.79 Å². The number of carbonyl (C=O) groups excluding carboxylic acids is 1. The molecule has 2 N–H and O–H groups in total. The molecule has 136 valence electrons. The molecule has 1 saturated heterocycles. The Labute approximate surface area is 157 Å². The van der Waals surface area contributed by atoms with E-state index in [2.05, 4.69) is 24.2 Å². The number of piperazine rings is 1. The molecule has 0 radical (unpaired) electrons. The molecule has 1 atom stereocenters. The summed E-state index contributed by atoms with van der Waals surface area (Å²) in [6, 6.07) is 0.181. The van der Waals surface area contributed by atoms with E-state index in [0.717, 1.165) is 0 Å². The number of nitrogens with one attached hydrogen (secondary N) is 1. The van der Waals surface area contributed by atoms with Crippen molar-refractivity contribution in [2.75, 3.05) is 26.7 Å². The molecule has 1 rings (SSSR count). The van der Waals surface area contributed by atoms with Gasteiger partial charge in [-0.1, -0.05) is 6.92 Å². The molecule has 0 aliphatic carbocycles. The first kappa shape index (κ1) is 22.4. The third-order valence-corrected chi connectivity index (χ3v) is 4.24. The highest BCUT2D eigenvalue weighted by molar-refractivity contribution is 14.0. The molecule has 0 aromatic rings. The van der Waals surface area contributed by atoms with Gasteiger partial charge in [-0.05, 0) is 41.0 Å². The van der Waals surface area contributed by atoms with Crippen LogP contribution in [0.25, 0.3) is 0 Å². The number of aliphatic hydroxyl groups is 1. The molecule has 0 aromatic heterocycles. The molecule has 1 aliphatic heterocycles. The zero-order valence-electron chi connectivity index (χ0n) is 15.5. The van der Waals surface area contributed by atoms with Gasteiger partial charge in [0.25, 0.3) is 0 Å². The van der Waals surface area contributed by atoms with Crippen molar-refractivity contribution in [2.45, 2.75) is 65.1 Å². The number of guanidine groups is 1. The molecule has 1 heterocycles. The highest BCUT2D eigenvalue weighted by Gasteiger charge is 2.40. The van der Waals surface area contributed by atoms with Gasteiger partial charge in [-0.15, -0.1) is 24.0 Å². The molecular weight excluding hydrogens is 407 g/mol. The smallest absolute Gasteiger partial charge is 0.242 e. The highest BCUT2D eigenvalue weighted by atomic mass is 127. The van der Waals surface area contributed by atoms with E-state index in [1.54, 1.807) is 14.0 Å². The summed E-state index contributed by atoms with van der Waals surface area (Å²) in [5.74, 6) is 0.773. The first-order chi connectivity index (χ1) is 10.0. The van der Waals surface area contributed by atoms with Crippen LogP contribution >= 0.6 is 24.0 Å². The van der Waals surface area contributed by atoms with Gasteiger partial charge in [-0.25, -0.2) is 0 Å². The van der Waals surface area contributed by atoms with E-state index in [9.17, 15) is 9.90 Å². The maximum Gasteiger partial charge on any atom is 0.242 e. The molecular formula is C16H33IN4O2. The second-order valence-corrected chi connectivity index (χ2v) is 7.28. The molecule has 1 amide bonds. The van der Waals surface area contributed by atoms with Crippen LogP contribution in [-0.4, -0.2) is 70.6 Å². The summed E-state index contributed by atoms with van der Waals surface area (Å²) in [5.41, 5.74) is -1.04. The van der Waals surface area contributed by atoms with Crippen molar-refractivity contribution in [1.29, 1.82) is 0 Å². The summed E-state index contributed by atoms with van der Waals surface area (Å²) in [5, 5.41) is 13.3. The van der Waals surface area contributed by atoms with Gasteiger partial charge >= 0.3 is 0 Å². The summed E-state index contributed by atoms with van der Waals surface area (Å²) in [7, 11) is 1.70. The van der Waals surface area contributed by atoms with E-state index in [1.165, 1.54) is 0 Å². The van der Waals surface area contributed by atoms with Crippen LogP contribution in [0.2, 0.25) is 0 Å². The molecule has 7 heteroatoms. The van der Waals surface area contributed by atoms with E-state index >= 15 is 0 Å². The topological polar surface area (TPSA) is 68.2 Å². The summed E-state index contributed by atoms with van der Waals surface area (Å²) >= 11 is 0. The lowest BCUT2D eigenvalue weighted by atomic mass is 9.96. The average molecular weight is 440 g/mol. The fourth-order valence-electron chi connectivity index (χ4n) is 3.04. The molecule has 1 aliphatic rings. The van der Waals surface area contributed by atoms with Gasteiger partial charge in [0.05, 0.1) is 17.7 Å². The Morgan fingerprint density at radius 3 is 2.43 bits per heavy atom. The van der Waals surface area contributed by atoms with Gasteiger partial charge in [0, 0.05) is 26.2 Å². The standard InChI is InChI=1S/C16H32N4O2.HI/c1-8-16(6,22)10-18-14(17-7)19-9-13(21)20(12(2)3)15(4,5)11-19;/h12,22H,8-11H2,1-7H3,(H,17,18);1H. The predicted molar refractivity (Wildman–Crippen MR) is 105 cm³/mol. The van der Waals surface area contributed by atoms with Gasteiger partial charge in [-0.2, -0.15) is 0 Å². The predicted octanol–water partition coefficient (Wildman–Crippen LogP) is 1.67. The molecule has 0 spiro atoms. The number of nitrogens with zero attached hydrogens (tertiary/aromatic N) is 3. The quantitative estimate of drug-likeness (QED) is 0.397. The number of carbonyl (C=O) groups is 1. The number of amides is 1. The van der Waals surface area contributed by atoms with E-state index < -0.39 is 5.60 Å². The third-order valence-electron chi connectivity index (χ3n) is 4.24. The minimum Gasteiger partial charge on any atom is -0.388 e. The maximum atomic E-state index is 12.5. The summed E-state index contributed by atoms with van der Waals surface area (Å²) in [6.45, 7) is 13.4. The lowest BCUT2D eigenvalue weighted by Crippen LogP contribution is -2.66. The zero-order valence-corrected chi connectivity index (χ0v) is 17.8. The molecule has 23 heavy (non-hydrogen) atoms. The highest BCUT2D eigenvalue weighted by Crippen LogP contribution is 2.24. The molecule has 1 fully saturated rings. The monoisotopic (exact) mass is 440 g/mol. The van der Waals surface area contributed by atoms with Gasteiger partial charge in [0.15, 0.2) is 5.96 Å². The number of rotatable bonds is 4. The average Bonchev–Trinajstić information content (AvgIpc) is 2.36. The van der Waals surface area contributed by atoms with Gasteiger partial charge < -0.3 is 20.2 Å². The van der Waals surface area contributed by atoms with Crippen molar-refractivity contribution >= 4 is 35.8 Å². The molecule has 0 aromatic carbocycles. The van der Waals surface area contributed by atoms with Crippen LogP contribution < -0.4 is 5.32 Å². The second-order valence-electron chi connectivity index (χ2n) is 7.28. The van der Waals surface area contributed by atoms with Crippen LogP contribution in [0.3, 0.4) is 0 Å². The Kier molecular flexibility index (Phi) is 8.29. The summed E-state index contributed by atoms with van der Waals surface area (Å²) < 4.78 is 0. The fraction of sp³-hybridized carbons (Fsp3) is 0.875. The van der Waals surface area contributed by atoms with E-state index in [4.69, 9.17) is 0 Å². The zero-order chi connectivity index (χ0) is 17.1. The first-order valence-corrected chi connectivity index (χ1v) is 8.04. The number of halogens is 1. The Morgan fingerprint density at radius 1 is 1.48 bits per heavy atom.